The van der Waals surface area contributed by atoms with Crippen molar-refractivity contribution in [2.45, 2.75) is 17.4 Å². The Hall–Kier alpha value is -1.42. The third kappa shape index (κ3) is 2.31. The molecule has 1 aliphatic rings. The quantitative estimate of drug-likeness (QED) is 0.817. The minimum Gasteiger partial charge on any atom is -0.326 e. The van der Waals surface area contributed by atoms with Gasteiger partial charge in [-0.05, 0) is 24.6 Å². The minimum atomic E-state index is -3.50. The summed E-state index contributed by atoms with van der Waals surface area (Å²) in [5.41, 5.74) is 6.04. The molecule has 17 heavy (non-hydrogen) atoms. The fraction of sp³-hybridized carbons (Fsp3) is 0.364. The van der Waals surface area contributed by atoms with Gasteiger partial charge in [0.25, 0.3) is 0 Å². The number of nitriles is 1. The maximum absolute atomic E-state index is 12.2. The molecular weight excluding hydrogens is 238 g/mol. The SMILES string of the molecule is N#Cc1cccc(S(=O)(=O)N2CC[C@@H](N)C2)c1. The first-order valence-electron chi connectivity index (χ1n) is 5.30. The van der Waals surface area contributed by atoms with E-state index in [0.717, 1.165) is 0 Å². The fourth-order valence-corrected chi connectivity index (χ4v) is 3.41. The highest BCUT2D eigenvalue weighted by Gasteiger charge is 2.30. The fourth-order valence-electron chi connectivity index (χ4n) is 1.85. The van der Waals surface area contributed by atoms with Crippen molar-refractivity contribution in [3.63, 3.8) is 0 Å². The summed E-state index contributed by atoms with van der Waals surface area (Å²) in [4.78, 5) is 0.158. The molecular formula is C11H13N3O2S. The van der Waals surface area contributed by atoms with Gasteiger partial charge in [0.2, 0.25) is 10.0 Å². The molecule has 5 nitrogen and oxygen atoms in total. The van der Waals surface area contributed by atoms with Crippen LogP contribution in [0.3, 0.4) is 0 Å². The van der Waals surface area contributed by atoms with Crippen LogP contribution in [0.15, 0.2) is 29.2 Å². The van der Waals surface area contributed by atoms with Gasteiger partial charge in [0.15, 0.2) is 0 Å². The third-order valence-corrected chi connectivity index (χ3v) is 4.65. The average molecular weight is 251 g/mol. The van der Waals surface area contributed by atoms with Crippen molar-refractivity contribution in [1.29, 1.82) is 5.26 Å². The normalized spacial score (nSPS) is 21.3. The Morgan fingerprint density at radius 1 is 1.47 bits per heavy atom. The second-order valence-electron chi connectivity index (χ2n) is 4.05. The van der Waals surface area contributed by atoms with Gasteiger partial charge in [-0.1, -0.05) is 6.07 Å². The van der Waals surface area contributed by atoms with E-state index in [9.17, 15) is 8.42 Å². The lowest BCUT2D eigenvalue weighted by Gasteiger charge is -2.15. The van der Waals surface area contributed by atoms with E-state index in [1.165, 1.54) is 16.4 Å². The van der Waals surface area contributed by atoms with Crippen LogP contribution in [-0.4, -0.2) is 31.9 Å². The molecule has 2 N–H and O–H groups in total. The van der Waals surface area contributed by atoms with Gasteiger partial charge >= 0.3 is 0 Å². The predicted octanol–water partition coefficient (Wildman–Crippen LogP) is 0.280. The summed E-state index contributed by atoms with van der Waals surface area (Å²) in [5, 5.41) is 8.76. The molecule has 1 aromatic rings. The summed E-state index contributed by atoms with van der Waals surface area (Å²) in [6, 6.07) is 7.87. The smallest absolute Gasteiger partial charge is 0.243 e. The lowest BCUT2D eigenvalue weighted by atomic mass is 10.2. The first-order valence-corrected chi connectivity index (χ1v) is 6.74. The number of sulfonamides is 1. The molecule has 1 atom stereocenters. The number of rotatable bonds is 2. The molecule has 0 amide bonds. The zero-order valence-electron chi connectivity index (χ0n) is 9.20. The third-order valence-electron chi connectivity index (χ3n) is 2.79. The van der Waals surface area contributed by atoms with Gasteiger partial charge in [-0.15, -0.1) is 0 Å². The lowest BCUT2D eigenvalue weighted by Crippen LogP contribution is -2.31. The molecule has 6 heteroatoms. The molecule has 1 aromatic carbocycles. The predicted molar refractivity (Wildman–Crippen MR) is 62.5 cm³/mol. The maximum Gasteiger partial charge on any atom is 0.243 e. The van der Waals surface area contributed by atoms with E-state index < -0.39 is 10.0 Å². The van der Waals surface area contributed by atoms with Crippen molar-refractivity contribution < 1.29 is 8.42 Å². The molecule has 1 heterocycles. The van der Waals surface area contributed by atoms with E-state index in [1.54, 1.807) is 12.1 Å². The van der Waals surface area contributed by atoms with Crippen molar-refractivity contribution in [2.75, 3.05) is 13.1 Å². The van der Waals surface area contributed by atoms with Crippen LogP contribution in [0.2, 0.25) is 0 Å². The Morgan fingerprint density at radius 2 is 2.24 bits per heavy atom. The summed E-state index contributed by atoms with van der Waals surface area (Å²) in [6.07, 6.45) is 0.678. The summed E-state index contributed by atoms with van der Waals surface area (Å²) in [6.45, 7) is 0.791. The summed E-state index contributed by atoms with van der Waals surface area (Å²) < 4.78 is 25.8. The molecule has 0 radical (unpaired) electrons. The number of hydrogen-bond donors (Lipinski definition) is 1. The van der Waals surface area contributed by atoms with Crippen LogP contribution in [-0.2, 0) is 10.0 Å². The van der Waals surface area contributed by atoms with Crippen molar-refractivity contribution >= 4 is 10.0 Å². The highest BCUT2D eigenvalue weighted by molar-refractivity contribution is 7.89. The summed E-state index contributed by atoms with van der Waals surface area (Å²) >= 11 is 0. The molecule has 1 aliphatic heterocycles. The monoisotopic (exact) mass is 251 g/mol. The van der Waals surface area contributed by atoms with Crippen LogP contribution in [0.25, 0.3) is 0 Å². The highest BCUT2D eigenvalue weighted by Crippen LogP contribution is 2.20. The molecule has 0 spiro atoms. The highest BCUT2D eigenvalue weighted by atomic mass is 32.2. The van der Waals surface area contributed by atoms with Gasteiger partial charge in [0.1, 0.15) is 0 Å². The van der Waals surface area contributed by atoms with Crippen LogP contribution in [0.4, 0.5) is 0 Å². The van der Waals surface area contributed by atoms with Gasteiger partial charge in [-0.2, -0.15) is 9.57 Å². The van der Waals surface area contributed by atoms with E-state index in [-0.39, 0.29) is 10.9 Å². The van der Waals surface area contributed by atoms with E-state index in [0.29, 0.717) is 25.1 Å². The Bertz CT molecular complexity index is 562. The molecule has 1 saturated heterocycles. The van der Waals surface area contributed by atoms with Crippen LogP contribution in [0, 0.1) is 11.3 Å². The van der Waals surface area contributed by atoms with Crippen LogP contribution < -0.4 is 5.73 Å². The van der Waals surface area contributed by atoms with E-state index >= 15 is 0 Å². The molecule has 0 aliphatic carbocycles. The van der Waals surface area contributed by atoms with Gasteiger partial charge in [0, 0.05) is 19.1 Å². The van der Waals surface area contributed by atoms with E-state index in [4.69, 9.17) is 11.0 Å². The van der Waals surface area contributed by atoms with Crippen LogP contribution in [0.1, 0.15) is 12.0 Å². The molecule has 0 bridgehead atoms. The number of benzene rings is 1. The zero-order chi connectivity index (χ0) is 12.5. The molecule has 0 aromatic heterocycles. The first kappa shape index (κ1) is 12.0. The Labute approximate surface area is 101 Å². The number of hydrogen-bond acceptors (Lipinski definition) is 4. The van der Waals surface area contributed by atoms with Crippen molar-refractivity contribution in [2.24, 2.45) is 5.73 Å². The Balaban J connectivity index is 2.35. The second-order valence-corrected chi connectivity index (χ2v) is 5.99. The van der Waals surface area contributed by atoms with Crippen molar-refractivity contribution in [1.82, 2.24) is 4.31 Å². The van der Waals surface area contributed by atoms with Crippen LogP contribution >= 0.6 is 0 Å². The largest absolute Gasteiger partial charge is 0.326 e. The van der Waals surface area contributed by atoms with E-state index in [1.807, 2.05) is 6.07 Å². The van der Waals surface area contributed by atoms with Crippen molar-refractivity contribution in [3.05, 3.63) is 29.8 Å². The minimum absolute atomic E-state index is 0.0936. The van der Waals surface area contributed by atoms with Crippen LogP contribution in [0.5, 0.6) is 0 Å². The van der Waals surface area contributed by atoms with Crippen molar-refractivity contribution in [3.8, 4) is 6.07 Å². The second kappa shape index (κ2) is 4.45. The molecule has 1 fully saturated rings. The number of nitrogens with zero attached hydrogens (tertiary/aromatic N) is 2. The summed E-state index contributed by atoms with van der Waals surface area (Å²) in [7, 11) is -3.50. The van der Waals surface area contributed by atoms with Gasteiger partial charge in [-0.3, -0.25) is 0 Å². The molecule has 0 saturated carbocycles. The number of nitrogens with two attached hydrogens (primary N) is 1. The molecule has 2 rings (SSSR count). The summed E-state index contributed by atoms with van der Waals surface area (Å²) in [5.74, 6) is 0. The van der Waals surface area contributed by atoms with E-state index in [2.05, 4.69) is 0 Å². The van der Waals surface area contributed by atoms with Gasteiger partial charge in [0.05, 0.1) is 16.5 Å². The Morgan fingerprint density at radius 3 is 2.82 bits per heavy atom. The molecule has 0 unspecified atom stereocenters. The Kier molecular flexibility index (Phi) is 3.15. The van der Waals surface area contributed by atoms with Gasteiger partial charge < -0.3 is 5.73 Å². The zero-order valence-corrected chi connectivity index (χ0v) is 10.0. The average Bonchev–Trinajstić information content (AvgIpc) is 2.76. The maximum atomic E-state index is 12.2. The first-order chi connectivity index (χ1) is 8.04. The van der Waals surface area contributed by atoms with Gasteiger partial charge in [-0.25, -0.2) is 8.42 Å². The standard InChI is InChI=1S/C11H13N3O2S/c12-7-9-2-1-3-11(6-9)17(15,16)14-5-4-10(13)8-14/h1-3,6,10H,4-5,8,13H2/t10-/m1/s1. The lowest BCUT2D eigenvalue weighted by molar-refractivity contribution is 0.472. The topological polar surface area (TPSA) is 87.2 Å². The molecule has 90 valence electrons.